The van der Waals surface area contributed by atoms with Crippen LogP contribution in [-0.2, 0) is 27.0 Å². The predicted molar refractivity (Wildman–Crippen MR) is 92.1 cm³/mol. The molecule has 0 bridgehead atoms. The minimum atomic E-state index is -4.67. The van der Waals surface area contributed by atoms with Gasteiger partial charge in [-0.25, -0.2) is 9.78 Å². The molecule has 29 heavy (non-hydrogen) atoms. The van der Waals surface area contributed by atoms with Crippen molar-refractivity contribution in [1.82, 2.24) is 4.98 Å². The van der Waals surface area contributed by atoms with Gasteiger partial charge >= 0.3 is 12.1 Å². The Morgan fingerprint density at radius 2 is 2.07 bits per heavy atom. The number of ketones is 1. The maximum absolute atomic E-state index is 12.8. The molecule has 2 aliphatic carbocycles. The Morgan fingerprint density at radius 3 is 2.55 bits per heavy atom. The van der Waals surface area contributed by atoms with Gasteiger partial charge in [0.2, 0.25) is 0 Å². The van der Waals surface area contributed by atoms with Crippen LogP contribution in [0.4, 0.5) is 19.0 Å². The van der Waals surface area contributed by atoms with Crippen molar-refractivity contribution >= 4 is 28.8 Å². The third-order valence-corrected chi connectivity index (χ3v) is 6.29. The second-order valence-corrected chi connectivity index (χ2v) is 8.06. The van der Waals surface area contributed by atoms with Gasteiger partial charge in [-0.2, -0.15) is 13.2 Å². The highest BCUT2D eigenvalue weighted by Gasteiger charge is 2.59. The van der Waals surface area contributed by atoms with Crippen molar-refractivity contribution in [2.45, 2.75) is 43.5 Å². The van der Waals surface area contributed by atoms with Gasteiger partial charge in [-0.15, -0.1) is 0 Å². The normalized spacial score (nSPS) is 30.5. The Balaban J connectivity index is 2.11. The van der Waals surface area contributed by atoms with Crippen molar-refractivity contribution in [2.24, 2.45) is 5.92 Å². The number of rotatable bonds is 4. The fraction of sp³-hybridized carbons (Fsp3) is 0.471. The highest BCUT2D eigenvalue weighted by atomic mass is 32.2. The SMILES string of the molecule is C[C@]1(N(c2ccc(C(F)(F)F)cn2)S(=O)[O-])C=C(C(=O)O)[C@]2(O)C(=O)CC[C@@H]2C1. The van der Waals surface area contributed by atoms with E-state index in [1.54, 1.807) is 0 Å². The molecule has 0 aromatic carbocycles. The summed E-state index contributed by atoms with van der Waals surface area (Å²) < 4.78 is 62.9. The summed E-state index contributed by atoms with van der Waals surface area (Å²) in [5, 5.41) is 20.3. The molecule has 1 unspecified atom stereocenters. The van der Waals surface area contributed by atoms with Crippen LogP contribution in [0.15, 0.2) is 30.0 Å². The number of fused-ring (bicyclic) bond motifs is 1. The molecule has 0 spiro atoms. The van der Waals surface area contributed by atoms with Gasteiger partial charge in [0.15, 0.2) is 11.4 Å². The van der Waals surface area contributed by atoms with Crippen LogP contribution in [0.2, 0.25) is 0 Å². The Bertz CT molecular complexity index is 919. The number of alkyl halides is 3. The summed E-state index contributed by atoms with van der Waals surface area (Å²) in [4.78, 5) is 27.5. The number of Topliss-reactive ketones (excluding diaryl/α,β-unsaturated/α-hetero) is 1. The Labute approximate surface area is 165 Å². The summed E-state index contributed by atoms with van der Waals surface area (Å²) in [6.07, 6.45) is -3.28. The van der Waals surface area contributed by atoms with Crippen LogP contribution in [0.25, 0.3) is 0 Å². The van der Waals surface area contributed by atoms with Crippen molar-refractivity contribution in [3.63, 3.8) is 0 Å². The largest absolute Gasteiger partial charge is 0.755 e. The molecule has 158 valence electrons. The Kier molecular flexibility index (Phi) is 5.08. The van der Waals surface area contributed by atoms with E-state index in [1.165, 1.54) is 6.92 Å². The molecule has 0 amide bonds. The molecule has 2 N–H and O–H groups in total. The smallest absolute Gasteiger partial charge is 0.417 e. The summed E-state index contributed by atoms with van der Waals surface area (Å²) in [6.45, 7) is 1.35. The van der Waals surface area contributed by atoms with Crippen LogP contribution >= 0.6 is 0 Å². The Morgan fingerprint density at radius 1 is 1.41 bits per heavy atom. The first-order valence-corrected chi connectivity index (χ1v) is 9.49. The van der Waals surface area contributed by atoms with E-state index in [1.807, 2.05) is 0 Å². The summed E-state index contributed by atoms with van der Waals surface area (Å²) in [5.41, 5.74) is -5.53. The monoisotopic (exact) mass is 433 g/mol. The molecular formula is C17H16F3N2O6S-. The first-order valence-electron chi connectivity index (χ1n) is 8.46. The number of aromatic nitrogens is 1. The van der Waals surface area contributed by atoms with Gasteiger partial charge in [-0.05, 0) is 38.0 Å². The van der Waals surface area contributed by atoms with Crippen LogP contribution in [0, 0.1) is 5.92 Å². The second kappa shape index (κ2) is 6.89. The number of carbonyl (C=O) groups is 2. The second-order valence-electron chi connectivity index (χ2n) is 7.26. The van der Waals surface area contributed by atoms with E-state index in [4.69, 9.17) is 0 Å². The maximum Gasteiger partial charge on any atom is 0.417 e. The van der Waals surface area contributed by atoms with E-state index >= 15 is 0 Å². The number of hydrogen-bond donors (Lipinski definition) is 2. The van der Waals surface area contributed by atoms with Crippen molar-refractivity contribution < 1.29 is 41.7 Å². The van der Waals surface area contributed by atoms with Gasteiger partial charge in [0.1, 0.15) is 5.82 Å². The molecule has 0 radical (unpaired) electrons. The Hall–Kier alpha value is -2.31. The lowest BCUT2D eigenvalue weighted by Gasteiger charge is -2.47. The molecule has 12 heteroatoms. The van der Waals surface area contributed by atoms with Gasteiger partial charge < -0.3 is 14.8 Å². The average molecular weight is 433 g/mol. The minimum Gasteiger partial charge on any atom is -0.755 e. The minimum absolute atomic E-state index is 0.0686. The molecule has 1 heterocycles. The molecule has 3 rings (SSSR count). The number of nitrogens with zero attached hydrogens (tertiary/aromatic N) is 2. The zero-order valence-corrected chi connectivity index (χ0v) is 15.8. The maximum atomic E-state index is 12.8. The lowest BCUT2D eigenvalue weighted by atomic mass is 9.69. The number of pyridine rings is 1. The molecule has 8 nitrogen and oxygen atoms in total. The van der Waals surface area contributed by atoms with Crippen molar-refractivity contribution in [2.75, 3.05) is 4.31 Å². The lowest BCUT2D eigenvalue weighted by Crippen LogP contribution is -2.57. The van der Waals surface area contributed by atoms with Crippen LogP contribution in [0.3, 0.4) is 0 Å². The quantitative estimate of drug-likeness (QED) is 0.690. The molecule has 2 aliphatic rings. The number of carboxylic acids is 1. The van der Waals surface area contributed by atoms with Crippen LogP contribution in [0.5, 0.6) is 0 Å². The highest BCUT2D eigenvalue weighted by molar-refractivity contribution is 7.80. The molecular weight excluding hydrogens is 417 g/mol. The van der Waals surface area contributed by atoms with Crippen LogP contribution in [-0.4, -0.2) is 46.9 Å². The van der Waals surface area contributed by atoms with Crippen molar-refractivity contribution in [3.8, 4) is 0 Å². The van der Waals surface area contributed by atoms with E-state index in [-0.39, 0.29) is 25.1 Å². The molecule has 1 aromatic heterocycles. The lowest BCUT2D eigenvalue weighted by molar-refractivity contribution is -0.143. The van der Waals surface area contributed by atoms with Gasteiger partial charge in [0.05, 0.1) is 16.7 Å². The van der Waals surface area contributed by atoms with Gasteiger partial charge in [-0.1, -0.05) is 0 Å². The molecule has 1 aromatic rings. The van der Waals surface area contributed by atoms with E-state index in [0.717, 1.165) is 12.1 Å². The predicted octanol–water partition coefficient (Wildman–Crippen LogP) is 1.58. The number of aliphatic hydroxyl groups is 1. The zero-order chi connectivity index (χ0) is 21.8. The number of anilines is 1. The van der Waals surface area contributed by atoms with Crippen molar-refractivity contribution in [1.29, 1.82) is 0 Å². The third-order valence-electron chi connectivity index (χ3n) is 5.39. The summed E-state index contributed by atoms with van der Waals surface area (Å²) in [6, 6.07) is 1.52. The van der Waals surface area contributed by atoms with E-state index < -0.39 is 57.4 Å². The van der Waals surface area contributed by atoms with Gasteiger partial charge in [-0.3, -0.25) is 13.3 Å². The molecule has 4 atom stereocenters. The number of halogens is 3. The van der Waals surface area contributed by atoms with E-state index in [9.17, 15) is 41.7 Å². The molecule has 0 saturated heterocycles. The fourth-order valence-corrected chi connectivity index (χ4v) is 4.81. The molecule has 0 aliphatic heterocycles. The summed E-state index contributed by atoms with van der Waals surface area (Å²) in [7, 11) is 0. The van der Waals surface area contributed by atoms with E-state index in [0.29, 0.717) is 16.6 Å². The number of carbonyl (C=O) groups excluding carboxylic acids is 1. The number of hydrogen-bond acceptors (Lipinski definition) is 6. The van der Waals surface area contributed by atoms with Crippen LogP contribution in [0.1, 0.15) is 31.7 Å². The van der Waals surface area contributed by atoms with Gasteiger partial charge in [0.25, 0.3) is 0 Å². The topological polar surface area (TPSA) is 131 Å². The first-order chi connectivity index (χ1) is 13.3. The highest BCUT2D eigenvalue weighted by Crippen LogP contribution is 2.49. The number of aliphatic carboxylic acids is 1. The average Bonchev–Trinajstić information content (AvgIpc) is 2.89. The zero-order valence-electron chi connectivity index (χ0n) is 15.0. The molecule has 1 fully saturated rings. The van der Waals surface area contributed by atoms with Crippen molar-refractivity contribution in [3.05, 3.63) is 35.5 Å². The van der Waals surface area contributed by atoms with Gasteiger partial charge in [0, 0.05) is 29.8 Å². The number of carboxylic acid groups (broad SMARTS) is 1. The van der Waals surface area contributed by atoms with Crippen LogP contribution < -0.4 is 4.31 Å². The third kappa shape index (κ3) is 3.45. The summed E-state index contributed by atoms with van der Waals surface area (Å²) >= 11 is -3.04. The fourth-order valence-electron chi connectivity index (χ4n) is 4.08. The summed E-state index contributed by atoms with van der Waals surface area (Å²) in [5.74, 6) is -3.47. The van der Waals surface area contributed by atoms with E-state index in [2.05, 4.69) is 4.98 Å². The molecule has 1 saturated carbocycles. The first kappa shape index (κ1) is 21.4. The standard InChI is InChI=1S/C17H17F3N2O6S/c1-15(6-9-2-4-12(23)16(9,26)11(7-15)14(24)25)22(29(27)28)13-5-3-10(8-21-13)17(18,19)20/h3,5,7-9,26H,2,4,6H2,1H3,(H,24,25)(H,27,28)/p-1/t9-,15-,16+/m1/s1.